The lowest BCUT2D eigenvalue weighted by molar-refractivity contribution is -0.0484. The largest absolute Gasteiger partial charge is 0.476 e. The summed E-state index contributed by atoms with van der Waals surface area (Å²) < 4.78 is 88.9. The van der Waals surface area contributed by atoms with Gasteiger partial charge in [-0.05, 0) is 25.7 Å². The van der Waals surface area contributed by atoms with E-state index in [9.17, 15) is 63.1 Å². The lowest BCUT2D eigenvalue weighted by atomic mass is 10.1. The summed E-state index contributed by atoms with van der Waals surface area (Å²) in [4.78, 5) is 72.9. The molecule has 9 rings (SSSR count). The molecule has 28 nitrogen and oxygen atoms in total. The molecule has 0 aliphatic carbocycles. The van der Waals surface area contributed by atoms with E-state index in [1.165, 1.54) is 39.0 Å². The molecule has 0 amide bonds. The molecule has 5 aliphatic heterocycles. The molecule has 4 aromatic heterocycles. The minimum atomic E-state index is -4.57. The Morgan fingerprint density at radius 1 is 0.565 bits per heavy atom. The van der Waals surface area contributed by atoms with Crippen LogP contribution in [-0.4, -0.2) is 160 Å². The normalized spacial score (nSPS) is 37.9. The second-order valence-electron chi connectivity index (χ2n) is 14.5. The number of hydrogen-bond acceptors (Lipinski definition) is 21. The topological polar surface area (TPSA) is 391 Å². The number of ether oxygens (including phenoxy) is 3. The van der Waals surface area contributed by atoms with Crippen LogP contribution in [0.2, 0.25) is 0 Å². The van der Waals surface area contributed by atoms with Crippen LogP contribution in [0, 0.1) is 0 Å². The van der Waals surface area contributed by atoms with Gasteiger partial charge in [0.1, 0.15) is 49.3 Å². The molecule has 2 fully saturated rings. The van der Waals surface area contributed by atoms with Gasteiger partial charge in [-0.1, -0.05) is 0 Å². The highest BCUT2D eigenvalue weighted by molar-refractivity contribution is 7.70. The van der Waals surface area contributed by atoms with Crippen molar-refractivity contribution >= 4 is 52.7 Å². The number of fused-ring (bicyclic) bond motifs is 13. The summed E-state index contributed by atoms with van der Waals surface area (Å²) in [6.45, 7) is -1.13. The molecule has 0 saturated carbocycles. The first-order chi connectivity index (χ1) is 29.2. The van der Waals surface area contributed by atoms with Crippen LogP contribution in [-0.2, 0) is 52.4 Å². The molecular weight excluding hydrogens is 916 g/mol. The van der Waals surface area contributed by atoms with Crippen molar-refractivity contribution in [1.82, 2.24) is 38.6 Å². The van der Waals surface area contributed by atoms with E-state index in [0.29, 0.717) is 36.8 Å². The molecule has 32 heteroatoms. The summed E-state index contributed by atoms with van der Waals surface area (Å²) in [5.41, 5.74) is 0.348. The van der Waals surface area contributed by atoms with E-state index in [0.717, 1.165) is 0 Å². The van der Waals surface area contributed by atoms with Crippen LogP contribution in [0.1, 0.15) is 38.1 Å². The van der Waals surface area contributed by atoms with Gasteiger partial charge in [-0.25, -0.2) is 19.9 Å². The van der Waals surface area contributed by atoms with Crippen LogP contribution >= 0.6 is 30.4 Å². The molecule has 9 heterocycles. The molecule has 0 spiro atoms. The van der Waals surface area contributed by atoms with Gasteiger partial charge >= 0.3 is 30.4 Å². The van der Waals surface area contributed by atoms with Crippen LogP contribution in [0.15, 0.2) is 30.1 Å². The number of hydrogen-bond donors (Lipinski definition) is 8. The van der Waals surface area contributed by atoms with E-state index in [1.54, 1.807) is 0 Å². The molecule has 4 aromatic rings. The standard InChI is InChI=1S/2C15H22N4O10P2/c20-11-9-5-28-31(25,26)8-30(23,24)27-4-2-1-3-18-6-17-13-10(14(18)22)16-7-19(13)15(29-9)12(11)21;20-11-9-5-28-31(24,25)8-30(22,23)27-4-2-1-3-26-14-10-13(16-6-17-14)19(7-18-10)15(29-9)12(11)21/h6-7,9,11-12,15,20-21H,1-5,8H2,(H,23,24)(H,25,26);6-7,9,11-12,15,20-21H,1-5,8H2,(H,22,23)(H,24,25)/t2*9-,11+,12?,15-/m11/s1. The number of imidazole rings is 2. The monoisotopic (exact) mass is 960 g/mol. The van der Waals surface area contributed by atoms with Crippen molar-refractivity contribution in [1.29, 1.82) is 0 Å². The SMILES string of the molecule is O=P1(O)CP(=O)(O)OC[C@H]2O[C@H](C(O)[C@H]2O)n2cnc3c(ncnc32)OCCCCO1.O=c1c2ncn3c2ncn1CCCCOP(=O)(O)CP(=O)(O)OC[C@H]1O[C@@H]3C(O)[C@H]1O. The second-order valence-corrected chi connectivity index (χ2v) is 22.9. The predicted molar refractivity (Wildman–Crippen MR) is 206 cm³/mol. The van der Waals surface area contributed by atoms with Crippen LogP contribution < -0.4 is 10.3 Å². The summed E-state index contributed by atoms with van der Waals surface area (Å²) in [6.07, 6.45) is -4.02. The highest BCUT2D eigenvalue weighted by atomic mass is 31.2. The highest BCUT2D eigenvalue weighted by Gasteiger charge is 2.47. The zero-order valence-electron chi connectivity index (χ0n) is 32.3. The average molecular weight is 961 g/mol. The first-order valence-corrected chi connectivity index (χ1v) is 25.9. The minimum absolute atomic E-state index is 0.0320. The van der Waals surface area contributed by atoms with Crippen molar-refractivity contribution in [2.45, 2.75) is 81.3 Å². The maximum atomic E-state index is 12.7. The number of rotatable bonds is 0. The van der Waals surface area contributed by atoms with Crippen LogP contribution in [0.25, 0.3) is 22.3 Å². The van der Waals surface area contributed by atoms with Crippen molar-refractivity contribution < 1.29 is 90.6 Å². The molecular formula is C30H44N8O20P4. The molecule has 6 unspecified atom stereocenters. The quantitative estimate of drug-likeness (QED) is 0.101. The Bertz CT molecular complexity index is 2490. The van der Waals surface area contributed by atoms with E-state index in [2.05, 4.69) is 24.9 Å². The molecule has 0 aromatic carbocycles. The molecule has 0 radical (unpaired) electrons. The fraction of sp³-hybridized carbons (Fsp3) is 0.667. The Morgan fingerprint density at radius 3 is 1.61 bits per heavy atom. The summed E-state index contributed by atoms with van der Waals surface area (Å²) in [6, 6.07) is 0. The summed E-state index contributed by atoms with van der Waals surface area (Å²) >= 11 is 0. The van der Waals surface area contributed by atoms with Crippen molar-refractivity contribution in [2.75, 3.05) is 44.8 Å². The van der Waals surface area contributed by atoms with E-state index >= 15 is 0 Å². The highest BCUT2D eigenvalue weighted by Crippen LogP contribution is 2.59. The molecule has 12 bridgehead atoms. The predicted octanol–water partition coefficient (Wildman–Crippen LogP) is -0.653. The van der Waals surface area contributed by atoms with E-state index in [-0.39, 0.29) is 43.4 Å². The third kappa shape index (κ3) is 10.8. The average Bonchev–Trinajstić information content (AvgIpc) is 3.96. The maximum Gasteiger partial charge on any atom is 0.340 e. The molecule has 5 aliphatic rings. The first kappa shape index (κ1) is 47.0. The summed E-state index contributed by atoms with van der Waals surface area (Å²) in [5, 5.41) is 41.4. The lowest BCUT2D eigenvalue weighted by Gasteiger charge is -2.20. The molecule has 344 valence electrons. The van der Waals surface area contributed by atoms with Gasteiger partial charge in [0, 0.05) is 6.54 Å². The summed E-state index contributed by atoms with van der Waals surface area (Å²) in [5.74, 6) is -2.06. The van der Waals surface area contributed by atoms with Gasteiger partial charge < -0.3 is 72.3 Å². The third-order valence-electron chi connectivity index (χ3n) is 9.85. The lowest BCUT2D eigenvalue weighted by Crippen LogP contribution is -2.33. The van der Waals surface area contributed by atoms with Crippen LogP contribution in [0.5, 0.6) is 5.88 Å². The molecule has 62 heavy (non-hydrogen) atoms. The van der Waals surface area contributed by atoms with Crippen LogP contribution in [0.4, 0.5) is 0 Å². The van der Waals surface area contributed by atoms with Gasteiger partial charge in [0.05, 0.1) is 45.7 Å². The number of nitrogens with zero attached hydrogens (tertiary/aromatic N) is 8. The van der Waals surface area contributed by atoms with Gasteiger partial charge in [-0.3, -0.25) is 36.8 Å². The van der Waals surface area contributed by atoms with Crippen molar-refractivity contribution in [3.05, 3.63) is 35.7 Å². The van der Waals surface area contributed by atoms with E-state index in [4.69, 9.17) is 32.3 Å². The third-order valence-corrected chi connectivity index (χ3v) is 17.8. The summed E-state index contributed by atoms with van der Waals surface area (Å²) in [7, 11) is -18.0. The molecule has 8 N–H and O–H groups in total. The zero-order valence-corrected chi connectivity index (χ0v) is 35.8. The van der Waals surface area contributed by atoms with Crippen molar-refractivity contribution in [3.8, 4) is 5.88 Å². The number of aliphatic hydroxyl groups excluding tert-OH is 4. The Kier molecular flexibility index (Phi) is 14.3. The maximum absolute atomic E-state index is 12.7. The number of aromatic nitrogens is 8. The van der Waals surface area contributed by atoms with E-state index in [1.807, 2.05) is 0 Å². The fourth-order valence-electron chi connectivity index (χ4n) is 6.77. The van der Waals surface area contributed by atoms with Gasteiger partial charge in [0.25, 0.3) is 5.56 Å². The van der Waals surface area contributed by atoms with Gasteiger partial charge in [0.2, 0.25) is 5.88 Å². The molecule has 12 atom stereocenters. The minimum Gasteiger partial charge on any atom is -0.476 e. The van der Waals surface area contributed by atoms with Crippen molar-refractivity contribution in [3.63, 3.8) is 0 Å². The van der Waals surface area contributed by atoms with Gasteiger partial charge in [-0.15, -0.1) is 0 Å². The van der Waals surface area contributed by atoms with Crippen molar-refractivity contribution in [2.24, 2.45) is 0 Å². The Hall–Kier alpha value is -2.94. The molecule has 2 saturated heterocycles. The fourth-order valence-corrected chi connectivity index (χ4v) is 13.3. The number of aliphatic hydroxyl groups is 4. The van der Waals surface area contributed by atoms with Crippen LogP contribution in [0.3, 0.4) is 0 Å². The Balaban J connectivity index is 0.000000186. The van der Waals surface area contributed by atoms with Gasteiger partial charge in [-0.2, -0.15) is 4.98 Å². The number of aryl methyl sites for hydroxylation is 1. The van der Waals surface area contributed by atoms with E-state index < -0.39 is 110 Å². The smallest absolute Gasteiger partial charge is 0.340 e. The Labute approximate surface area is 349 Å². The zero-order chi connectivity index (χ0) is 44.6. The van der Waals surface area contributed by atoms with Gasteiger partial charge in [0.15, 0.2) is 46.6 Å². The second kappa shape index (κ2) is 18.9. The first-order valence-electron chi connectivity index (χ1n) is 18.9. The Morgan fingerprint density at radius 2 is 1.05 bits per heavy atom.